The van der Waals surface area contributed by atoms with E-state index in [1.807, 2.05) is 0 Å². The summed E-state index contributed by atoms with van der Waals surface area (Å²) in [6, 6.07) is 3.72. The molecular formula is C15H18ClFN2O4S. The standard InChI is InChI=1S/C15H18ClFN2O4S/c1-2-24(21,22)18-12-5-7-19(8-6-12)15(20)10-23-14-4-3-11(16)9-13(14)17/h2-4,9,12,18H,1,5-8,10H2. The van der Waals surface area contributed by atoms with Gasteiger partial charge in [-0.15, -0.1) is 0 Å². The molecule has 0 bridgehead atoms. The van der Waals surface area contributed by atoms with Gasteiger partial charge in [0, 0.05) is 29.6 Å². The van der Waals surface area contributed by atoms with E-state index in [9.17, 15) is 17.6 Å². The van der Waals surface area contributed by atoms with Crippen molar-refractivity contribution in [3.05, 3.63) is 41.0 Å². The van der Waals surface area contributed by atoms with Gasteiger partial charge in [0.25, 0.3) is 5.91 Å². The zero-order chi connectivity index (χ0) is 17.7. The summed E-state index contributed by atoms with van der Waals surface area (Å²) in [5.41, 5.74) is 0. The molecular weight excluding hydrogens is 359 g/mol. The SMILES string of the molecule is C=CS(=O)(=O)NC1CCN(C(=O)COc2ccc(Cl)cc2F)CC1. The fourth-order valence-corrected chi connectivity index (χ4v) is 3.31. The van der Waals surface area contributed by atoms with Gasteiger partial charge >= 0.3 is 0 Å². The third-order valence-corrected chi connectivity index (χ3v) is 4.98. The molecule has 1 aliphatic rings. The molecule has 0 spiro atoms. The maximum atomic E-state index is 13.6. The molecule has 1 fully saturated rings. The minimum Gasteiger partial charge on any atom is -0.481 e. The number of likely N-dealkylation sites (tertiary alicyclic amines) is 1. The lowest BCUT2D eigenvalue weighted by Crippen LogP contribution is -2.47. The molecule has 1 aliphatic heterocycles. The van der Waals surface area contributed by atoms with Crippen LogP contribution in [0.1, 0.15) is 12.8 Å². The van der Waals surface area contributed by atoms with Gasteiger partial charge in [0.15, 0.2) is 18.2 Å². The Labute approximate surface area is 145 Å². The van der Waals surface area contributed by atoms with Crippen molar-refractivity contribution < 1.29 is 22.3 Å². The Morgan fingerprint density at radius 3 is 2.71 bits per heavy atom. The Kier molecular flexibility index (Phi) is 6.20. The molecule has 0 saturated carbocycles. The topological polar surface area (TPSA) is 75.7 Å². The fourth-order valence-electron chi connectivity index (χ4n) is 2.35. The van der Waals surface area contributed by atoms with Gasteiger partial charge in [0.2, 0.25) is 10.0 Å². The fraction of sp³-hybridized carbons (Fsp3) is 0.400. The average molecular weight is 377 g/mol. The van der Waals surface area contributed by atoms with Gasteiger partial charge < -0.3 is 9.64 Å². The number of piperidine rings is 1. The second-order valence-electron chi connectivity index (χ2n) is 5.35. The molecule has 1 aromatic carbocycles. The summed E-state index contributed by atoms with van der Waals surface area (Å²) < 4.78 is 44.1. The van der Waals surface area contributed by atoms with Gasteiger partial charge in [-0.2, -0.15) is 0 Å². The lowest BCUT2D eigenvalue weighted by Gasteiger charge is -2.31. The van der Waals surface area contributed by atoms with E-state index in [1.165, 1.54) is 12.1 Å². The second-order valence-corrected chi connectivity index (χ2v) is 7.44. The minimum atomic E-state index is -3.48. The number of nitrogens with zero attached hydrogens (tertiary/aromatic N) is 1. The summed E-state index contributed by atoms with van der Waals surface area (Å²) in [7, 11) is -3.48. The van der Waals surface area contributed by atoms with E-state index in [1.54, 1.807) is 4.90 Å². The molecule has 1 heterocycles. The number of hydrogen-bond acceptors (Lipinski definition) is 4. The van der Waals surface area contributed by atoms with Crippen LogP contribution in [0, 0.1) is 5.82 Å². The normalized spacial score (nSPS) is 16.0. The van der Waals surface area contributed by atoms with E-state index >= 15 is 0 Å². The monoisotopic (exact) mass is 376 g/mol. The molecule has 0 aliphatic carbocycles. The highest BCUT2D eigenvalue weighted by atomic mass is 35.5. The highest BCUT2D eigenvalue weighted by molar-refractivity contribution is 7.92. The van der Waals surface area contributed by atoms with Crippen molar-refractivity contribution >= 4 is 27.5 Å². The van der Waals surface area contributed by atoms with Crippen molar-refractivity contribution in [2.45, 2.75) is 18.9 Å². The highest BCUT2D eigenvalue weighted by Crippen LogP contribution is 2.21. The van der Waals surface area contributed by atoms with E-state index in [0.717, 1.165) is 11.5 Å². The molecule has 1 amide bonds. The number of hydrogen-bond donors (Lipinski definition) is 1. The van der Waals surface area contributed by atoms with E-state index in [0.29, 0.717) is 25.9 Å². The number of rotatable bonds is 6. The first-order valence-electron chi connectivity index (χ1n) is 7.31. The number of sulfonamides is 1. The van der Waals surface area contributed by atoms with Crippen LogP contribution in [0.25, 0.3) is 0 Å². The molecule has 0 aromatic heterocycles. The smallest absolute Gasteiger partial charge is 0.260 e. The van der Waals surface area contributed by atoms with Crippen LogP contribution in [-0.4, -0.2) is 45.0 Å². The maximum absolute atomic E-state index is 13.6. The molecule has 6 nitrogen and oxygen atoms in total. The predicted molar refractivity (Wildman–Crippen MR) is 88.8 cm³/mol. The van der Waals surface area contributed by atoms with Gasteiger partial charge in [-0.05, 0) is 31.0 Å². The molecule has 9 heteroatoms. The maximum Gasteiger partial charge on any atom is 0.260 e. The van der Waals surface area contributed by atoms with E-state index in [-0.39, 0.29) is 29.3 Å². The third-order valence-electron chi connectivity index (χ3n) is 3.64. The molecule has 0 atom stereocenters. The molecule has 1 N–H and O–H groups in total. The summed E-state index contributed by atoms with van der Waals surface area (Å²) in [6.45, 7) is 3.74. The number of amides is 1. The number of carbonyl (C=O) groups is 1. The van der Waals surface area contributed by atoms with Gasteiger partial charge in [-0.25, -0.2) is 17.5 Å². The van der Waals surface area contributed by atoms with Gasteiger partial charge in [0.1, 0.15) is 0 Å². The molecule has 2 rings (SSSR count). The largest absolute Gasteiger partial charge is 0.481 e. The number of ether oxygens (including phenoxy) is 1. The quantitative estimate of drug-likeness (QED) is 0.822. The van der Waals surface area contributed by atoms with Crippen LogP contribution in [-0.2, 0) is 14.8 Å². The molecule has 0 unspecified atom stereocenters. The van der Waals surface area contributed by atoms with Crippen LogP contribution in [0.2, 0.25) is 5.02 Å². The van der Waals surface area contributed by atoms with Crippen molar-refractivity contribution in [3.8, 4) is 5.75 Å². The number of carbonyl (C=O) groups excluding carboxylic acids is 1. The summed E-state index contributed by atoms with van der Waals surface area (Å²) >= 11 is 5.65. The average Bonchev–Trinajstić information content (AvgIpc) is 2.54. The molecule has 0 radical (unpaired) electrons. The second kappa shape index (κ2) is 7.96. The zero-order valence-corrected chi connectivity index (χ0v) is 14.4. The Bertz CT molecular complexity index is 718. The van der Waals surface area contributed by atoms with E-state index in [4.69, 9.17) is 16.3 Å². The lowest BCUT2D eigenvalue weighted by atomic mass is 10.1. The first-order valence-corrected chi connectivity index (χ1v) is 9.23. The first-order chi connectivity index (χ1) is 11.3. The summed E-state index contributed by atoms with van der Waals surface area (Å²) in [5.74, 6) is -0.955. The van der Waals surface area contributed by atoms with Crippen molar-refractivity contribution in [2.75, 3.05) is 19.7 Å². The van der Waals surface area contributed by atoms with Crippen LogP contribution in [0.4, 0.5) is 4.39 Å². The number of benzene rings is 1. The van der Waals surface area contributed by atoms with Crippen LogP contribution in [0.5, 0.6) is 5.75 Å². The van der Waals surface area contributed by atoms with Crippen molar-refractivity contribution in [1.29, 1.82) is 0 Å². The lowest BCUT2D eigenvalue weighted by molar-refractivity contribution is -0.134. The Morgan fingerprint density at radius 2 is 2.12 bits per heavy atom. The minimum absolute atomic E-state index is 0.0404. The van der Waals surface area contributed by atoms with Gasteiger partial charge in [-0.3, -0.25) is 4.79 Å². The van der Waals surface area contributed by atoms with E-state index in [2.05, 4.69) is 11.3 Å². The molecule has 24 heavy (non-hydrogen) atoms. The van der Waals surface area contributed by atoms with Crippen LogP contribution >= 0.6 is 11.6 Å². The van der Waals surface area contributed by atoms with Crippen LogP contribution in [0.3, 0.4) is 0 Å². The van der Waals surface area contributed by atoms with Gasteiger partial charge in [0.05, 0.1) is 0 Å². The summed E-state index contributed by atoms with van der Waals surface area (Å²) in [5, 5.41) is 1.11. The number of halogens is 2. The summed E-state index contributed by atoms with van der Waals surface area (Å²) in [6.07, 6.45) is 0.988. The number of nitrogens with one attached hydrogen (secondary N) is 1. The van der Waals surface area contributed by atoms with Crippen LogP contribution in [0.15, 0.2) is 30.2 Å². The highest BCUT2D eigenvalue weighted by Gasteiger charge is 2.25. The Hall–Kier alpha value is -1.64. The Morgan fingerprint density at radius 1 is 1.46 bits per heavy atom. The summed E-state index contributed by atoms with van der Waals surface area (Å²) in [4.78, 5) is 13.7. The predicted octanol–water partition coefficient (Wildman–Crippen LogP) is 1.91. The first kappa shape index (κ1) is 18.7. The van der Waals surface area contributed by atoms with E-state index < -0.39 is 15.8 Å². The molecule has 132 valence electrons. The molecule has 1 saturated heterocycles. The van der Waals surface area contributed by atoms with Crippen molar-refractivity contribution in [3.63, 3.8) is 0 Å². The third kappa shape index (κ3) is 5.19. The molecule has 1 aromatic rings. The zero-order valence-electron chi connectivity index (χ0n) is 12.9. The van der Waals surface area contributed by atoms with Gasteiger partial charge in [-0.1, -0.05) is 18.2 Å². The van der Waals surface area contributed by atoms with Crippen molar-refractivity contribution in [1.82, 2.24) is 9.62 Å². The van der Waals surface area contributed by atoms with Crippen molar-refractivity contribution in [2.24, 2.45) is 0 Å². The van der Waals surface area contributed by atoms with Crippen LogP contribution < -0.4 is 9.46 Å². The Balaban J connectivity index is 1.81.